The molecule has 4 rings (SSSR count). The molecule has 0 spiro atoms. The van der Waals surface area contributed by atoms with E-state index in [2.05, 4.69) is 16.8 Å². The van der Waals surface area contributed by atoms with Gasteiger partial charge in [-0.3, -0.25) is 4.79 Å². The van der Waals surface area contributed by atoms with Crippen molar-refractivity contribution in [2.24, 2.45) is 5.92 Å². The lowest BCUT2D eigenvalue weighted by atomic mass is 9.97. The second-order valence-electron chi connectivity index (χ2n) is 8.49. The highest BCUT2D eigenvalue weighted by atomic mass is 35.5. The third-order valence-electron chi connectivity index (χ3n) is 6.42. The maximum atomic E-state index is 13.2. The molecule has 0 unspecified atom stereocenters. The van der Waals surface area contributed by atoms with Gasteiger partial charge in [0.25, 0.3) is 10.0 Å². The third kappa shape index (κ3) is 4.65. The topological polar surface area (TPSA) is 78.8 Å². The first kappa shape index (κ1) is 23.1. The van der Waals surface area contributed by atoms with Crippen LogP contribution >= 0.6 is 11.6 Å². The van der Waals surface area contributed by atoms with Crippen LogP contribution in [0.3, 0.4) is 0 Å². The molecule has 174 valence electrons. The van der Waals surface area contributed by atoms with Gasteiger partial charge in [0, 0.05) is 62.7 Å². The minimum absolute atomic E-state index is 0.0476. The third-order valence-corrected chi connectivity index (χ3v) is 8.40. The number of sulfonamides is 1. The summed E-state index contributed by atoms with van der Waals surface area (Å²) in [4.78, 5) is 21.4. The van der Waals surface area contributed by atoms with Crippen LogP contribution in [0.1, 0.15) is 25.3 Å². The van der Waals surface area contributed by atoms with Gasteiger partial charge in [0.05, 0.1) is 12.2 Å². The fourth-order valence-electron chi connectivity index (χ4n) is 4.49. The molecule has 1 aromatic heterocycles. The SMILES string of the molecule is CCn1cnc(S(=O)(=O)N2CCC[C@@H](C(=O)N3CCN(c4cc(Cl)ccc4C)CC3)C2)c1. The fraction of sp³-hybridized carbons (Fsp3) is 0.545. The number of aryl methyl sites for hydroxylation is 2. The van der Waals surface area contributed by atoms with Gasteiger partial charge in [-0.1, -0.05) is 17.7 Å². The number of halogens is 1. The number of carbonyl (C=O) groups is 1. The van der Waals surface area contributed by atoms with E-state index in [9.17, 15) is 13.2 Å². The van der Waals surface area contributed by atoms with Crippen LogP contribution in [0.2, 0.25) is 5.02 Å². The molecule has 0 radical (unpaired) electrons. The Kier molecular flexibility index (Phi) is 6.78. The molecule has 0 bridgehead atoms. The zero-order chi connectivity index (χ0) is 22.9. The van der Waals surface area contributed by atoms with E-state index < -0.39 is 10.0 Å². The molecule has 1 aromatic carbocycles. The van der Waals surface area contributed by atoms with Crippen LogP contribution in [-0.4, -0.2) is 72.3 Å². The van der Waals surface area contributed by atoms with Gasteiger partial charge >= 0.3 is 0 Å². The average molecular weight is 480 g/mol. The zero-order valence-electron chi connectivity index (χ0n) is 18.6. The highest BCUT2D eigenvalue weighted by molar-refractivity contribution is 7.89. The number of hydrogen-bond donors (Lipinski definition) is 0. The van der Waals surface area contributed by atoms with E-state index >= 15 is 0 Å². The van der Waals surface area contributed by atoms with Gasteiger partial charge in [0.15, 0.2) is 5.03 Å². The van der Waals surface area contributed by atoms with Crippen LogP contribution < -0.4 is 4.90 Å². The minimum atomic E-state index is -3.69. The first-order valence-corrected chi connectivity index (χ1v) is 12.9. The number of amides is 1. The summed E-state index contributed by atoms with van der Waals surface area (Å²) in [6, 6.07) is 5.86. The van der Waals surface area contributed by atoms with Crippen molar-refractivity contribution in [3.8, 4) is 0 Å². The van der Waals surface area contributed by atoms with Gasteiger partial charge in [-0.05, 0) is 44.4 Å². The predicted molar refractivity (Wildman–Crippen MR) is 124 cm³/mol. The lowest BCUT2D eigenvalue weighted by Gasteiger charge is -2.39. The van der Waals surface area contributed by atoms with Crippen molar-refractivity contribution in [1.82, 2.24) is 18.8 Å². The number of imidazole rings is 1. The predicted octanol–water partition coefficient (Wildman–Crippen LogP) is 2.61. The van der Waals surface area contributed by atoms with E-state index in [1.165, 1.54) is 10.6 Å². The van der Waals surface area contributed by atoms with Gasteiger partial charge in [-0.15, -0.1) is 0 Å². The first-order valence-electron chi connectivity index (χ1n) is 11.1. The average Bonchev–Trinajstić information content (AvgIpc) is 3.31. The van der Waals surface area contributed by atoms with Gasteiger partial charge in [0.1, 0.15) is 0 Å². The number of rotatable bonds is 5. The summed E-state index contributed by atoms with van der Waals surface area (Å²) in [6.07, 6.45) is 4.46. The van der Waals surface area contributed by atoms with Crippen molar-refractivity contribution >= 4 is 33.2 Å². The van der Waals surface area contributed by atoms with Gasteiger partial charge in [0.2, 0.25) is 5.91 Å². The highest BCUT2D eigenvalue weighted by Crippen LogP contribution is 2.27. The Morgan fingerprint density at radius 2 is 1.94 bits per heavy atom. The van der Waals surface area contributed by atoms with E-state index in [1.54, 1.807) is 10.8 Å². The van der Waals surface area contributed by atoms with Crippen molar-refractivity contribution < 1.29 is 13.2 Å². The minimum Gasteiger partial charge on any atom is -0.368 e. The molecule has 0 saturated carbocycles. The number of piperazine rings is 1. The molecule has 3 heterocycles. The maximum absolute atomic E-state index is 13.2. The quantitative estimate of drug-likeness (QED) is 0.658. The van der Waals surface area contributed by atoms with Crippen molar-refractivity contribution in [1.29, 1.82) is 0 Å². The summed E-state index contributed by atoms with van der Waals surface area (Å²) < 4.78 is 29.2. The Hall–Kier alpha value is -2.10. The van der Waals surface area contributed by atoms with E-state index in [1.807, 2.05) is 30.0 Å². The van der Waals surface area contributed by atoms with Crippen molar-refractivity contribution in [2.45, 2.75) is 38.3 Å². The summed E-state index contributed by atoms with van der Waals surface area (Å²) in [5.41, 5.74) is 2.26. The number of hydrogen-bond acceptors (Lipinski definition) is 5. The second-order valence-corrected chi connectivity index (χ2v) is 10.8. The normalized spacial score (nSPS) is 20.5. The molecule has 2 saturated heterocycles. The summed E-state index contributed by atoms with van der Waals surface area (Å²) >= 11 is 6.17. The molecular weight excluding hydrogens is 450 g/mol. The highest BCUT2D eigenvalue weighted by Gasteiger charge is 2.36. The Balaban J connectivity index is 1.39. The fourth-order valence-corrected chi connectivity index (χ4v) is 6.11. The van der Waals surface area contributed by atoms with E-state index in [0.29, 0.717) is 44.0 Å². The molecule has 2 aliphatic rings. The molecule has 0 aliphatic carbocycles. The molecule has 2 aromatic rings. The smallest absolute Gasteiger partial charge is 0.262 e. The van der Waals surface area contributed by atoms with Crippen LogP contribution in [-0.2, 0) is 21.4 Å². The Morgan fingerprint density at radius 1 is 1.19 bits per heavy atom. The van der Waals surface area contributed by atoms with Crippen LogP contribution in [0.4, 0.5) is 5.69 Å². The molecule has 32 heavy (non-hydrogen) atoms. The number of carbonyl (C=O) groups excluding carboxylic acids is 1. The molecule has 10 heteroatoms. The molecule has 2 aliphatic heterocycles. The molecule has 2 fully saturated rings. The lowest BCUT2D eigenvalue weighted by Crippen LogP contribution is -2.53. The Morgan fingerprint density at radius 3 is 2.62 bits per heavy atom. The number of anilines is 1. The Labute approximate surface area is 194 Å². The van der Waals surface area contributed by atoms with Crippen molar-refractivity contribution in [2.75, 3.05) is 44.2 Å². The monoisotopic (exact) mass is 479 g/mol. The van der Waals surface area contributed by atoms with Crippen LogP contribution in [0, 0.1) is 12.8 Å². The lowest BCUT2D eigenvalue weighted by molar-refractivity contribution is -0.137. The van der Waals surface area contributed by atoms with Gasteiger partial charge < -0.3 is 14.4 Å². The van der Waals surface area contributed by atoms with E-state index in [4.69, 9.17) is 11.6 Å². The van der Waals surface area contributed by atoms with Gasteiger partial charge in [-0.2, -0.15) is 4.31 Å². The van der Waals surface area contributed by atoms with Crippen LogP contribution in [0.25, 0.3) is 0 Å². The van der Waals surface area contributed by atoms with E-state index in [-0.39, 0.29) is 23.4 Å². The van der Waals surface area contributed by atoms with Crippen LogP contribution in [0.15, 0.2) is 35.7 Å². The summed E-state index contributed by atoms with van der Waals surface area (Å²) in [5.74, 6) is -0.266. The number of piperidine rings is 1. The second kappa shape index (κ2) is 9.41. The Bertz CT molecular complexity index is 1080. The molecule has 8 nitrogen and oxygen atoms in total. The number of aromatic nitrogens is 2. The largest absolute Gasteiger partial charge is 0.368 e. The summed E-state index contributed by atoms with van der Waals surface area (Å²) in [6.45, 7) is 7.99. The standard InChI is InChI=1S/C22H30ClN5O3S/c1-3-25-15-21(24-16-25)32(30,31)28-8-4-5-18(14-28)22(29)27-11-9-26(10-12-27)20-13-19(23)7-6-17(20)2/h6-7,13,15-16,18H,3-5,8-12,14H2,1-2H3/t18-/m1/s1. The summed E-state index contributed by atoms with van der Waals surface area (Å²) in [7, 11) is -3.69. The van der Waals surface area contributed by atoms with Crippen molar-refractivity contribution in [3.05, 3.63) is 41.3 Å². The number of nitrogens with zero attached hydrogens (tertiary/aromatic N) is 5. The number of benzene rings is 1. The maximum Gasteiger partial charge on any atom is 0.262 e. The summed E-state index contributed by atoms with van der Waals surface area (Å²) in [5, 5.41) is 0.759. The first-order chi connectivity index (χ1) is 15.3. The molecule has 0 N–H and O–H groups in total. The van der Waals surface area contributed by atoms with E-state index in [0.717, 1.165) is 24.3 Å². The molecular formula is C22H30ClN5O3S. The van der Waals surface area contributed by atoms with Gasteiger partial charge in [-0.25, -0.2) is 13.4 Å². The van der Waals surface area contributed by atoms with Crippen LogP contribution in [0.5, 0.6) is 0 Å². The molecule has 1 amide bonds. The van der Waals surface area contributed by atoms with Crippen molar-refractivity contribution in [3.63, 3.8) is 0 Å². The zero-order valence-corrected chi connectivity index (χ0v) is 20.1. The molecule has 1 atom stereocenters.